The van der Waals surface area contributed by atoms with Crippen molar-refractivity contribution in [1.82, 2.24) is 0 Å². The molecule has 1 aromatic rings. The molecule has 2 N–H and O–H groups in total. The summed E-state index contributed by atoms with van der Waals surface area (Å²) in [6.07, 6.45) is 4.80. The molecule has 1 heterocycles. The van der Waals surface area contributed by atoms with Crippen LogP contribution in [0.4, 0.5) is 10.1 Å². The van der Waals surface area contributed by atoms with Gasteiger partial charge in [0.2, 0.25) is 0 Å². The summed E-state index contributed by atoms with van der Waals surface area (Å²) in [5, 5.41) is 13.8. The molecular weight excluding hydrogens is 392 g/mol. The van der Waals surface area contributed by atoms with Gasteiger partial charge in [0, 0.05) is 21.6 Å². The molecule has 0 aromatic heterocycles. The van der Waals surface area contributed by atoms with E-state index in [1.165, 1.54) is 18.2 Å². The van der Waals surface area contributed by atoms with Crippen LogP contribution in [0.5, 0.6) is 0 Å². The van der Waals surface area contributed by atoms with Gasteiger partial charge in [0.05, 0.1) is 17.1 Å². The van der Waals surface area contributed by atoms with E-state index in [-0.39, 0.29) is 32.7 Å². The van der Waals surface area contributed by atoms with Crippen LogP contribution in [0.15, 0.2) is 35.7 Å². The van der Waals surface area contributed by atoms with Gasteiger partial charge in [0.1, 0.15) is 5.83 Å². The average molecular weight is 410 g/mol. The van der Waals surface area contributed by atoms with Crippen LogP contribution in [-0.4, -0.2) is 16.8 Å². The Labute approximate surface area is 166 Å². The van der Waals surface area contributed by atoms with Crippen molar-refractivity contribution in [3.05, 3.63) is 51.3 Å². The smallest absolute Gasteiger partial charge is 0.261 e. The van der Waals surface area contributed by atoms with Crippen LogP contribution in [0.2, 0.25) is 10.0 Å². The van der Waals surface area contributed by atoms with Crippen molar-refractivity contribution in [2.24, 2.45) is 11.3 Å². The fraction of sp³-hybridized carbons (Fsp3) is 0.400. The number of carbonyl (C=O) groups is 2. The van der Waals surface area contributed by atoms with Crippen molar-refractivity contribution in [2.45, 2.75) is 38.2 Å². The number of carbonyl (C=O) groups excluding carboxylic acids is 2. The molecule has 2 atom stereocenters. The van der Waals surface area contributed by atoms with E-state index >= 15 is 0 Å². The molecule has 3 aliphatic rings. The van der Waals surface area contributed by atoms with Gasteiger partial charge in [0.15, 0.2) is 11.4 Å². The Kier molecular flexibility index (Phi) is 4.26. The van der Waals surface area contributed by atoms with E-state index in [2.05, 4.69) is 5.32 Å². The van der Waals surface area contributed by atoms with Crippen molar-refractivity contribution in [3.8, 4) is 0 Å². The van der Waals surface area contributed by atoms with Gasteiger partial charge in [-0.2, -0.15) is 0 Å². The van der Waals surface area contributed by atoms with E-state index in [1.54, 1.807) is 6.08 Å². The first-order chi connectivity index (χ1) is 12.7. The van der Waals surface area contributed by atoms with Crippen LogP contribution in [0, 0.1) is 11.3 Å². The SMILES string of the molecule is CC1(C2CC2)CC=C(C(=O)CC2(O)C(=O)Nc3c(Cl)ccc(Cl)c32)C=C1F. The lowest BCUT2D eigenvalue weighted by Crippen LogP contribution is -2.37. The minimum Gasteiger partial charge on any atom is -0.375 e. The van der Waals surface area contributed by atoms with E-state index in [0.29, 0.717) is 12.3 Å². The summed E-state index contributed by atoms with van der Waals surface area (Å²) < 4.78 is 14.7. The normalized spacial score (nSPS) is 29.7. The number of Topliss-reactive ketones (excluding diaryl/α,β-unsaturated/α-hetero) is 1. The lowest BCUT2D eigenvalue weighted by atomic mass is 9.75. The number of hydrogen-bond donors (Lipinski definition) is 2. The molecule has 1 aromatic carbocycles. The summed E-state index contributed by atoms with van der Waals surface area (Å²) in [4.78, 5) is 25.2. The molecule has 1 fully saturated rings. The van der Waals surface area contributed by atoms with Crippen LogP contribution >= 0.6 is 23.2 Å². The predicted molar refractivity (Wildman–Crippen MR) is 101 cm³/mol. The van der Waals surface area contributed by atoms with Crippen LogP contribution < -0.4 is 5.32 Å². The molecule has 1 amide bonds. The summed E-state index contributed by atoms with van der Waals surface area (Å²) in [5.74, 6) is -1.31. The second-order valence-corrected chi connectivity index (χ2v) is 8.56. The molecule has 1 aliphatic heterocycles. The quantitative estimate of drug-likeness (QED) is 0.757. The number of hydrogen-bond acceptors (Lipinski definition) is 3. The van der Waals surface area contributed by atoms with Gasteiger partial charge < -0.3 is 10.4 Å². The first-order valence-electron chi connectivity index (χ1n) is 8.80. The molecule has 4 rings (SSSR count). The Bertz CT molecular complexity index is 937. The molecule has 0 radical (unpaired) electrons. The van der Waals surface area contributed by atoms with Gasteiger partial charge in [-0.25, -0.2) is 4.39 Å². The summed E-state index contributed by atoms with van der Waals surface area (Å²) >= 11 is 12.2. The third kappa shape index (κ3) is 2.84. The average Bonchev–Trinajstić information content (AvgIpc) is 3.42. The van der Waals surface area contributed by atoms with Crippen LogP contribution in [-0.2, 0) is 15.2 Å². The fourth-order valence-electron chi connectivity index (χ4n) is 3.97. The van der Waals surface area contributed by atoms with Crippen molar-refractivity contribution in [1.29, 1.82) is 0 Å². The number of ketones is 1. The highest BCUT2D eigenvalue weighted by atomic mass is 35.5. The standard InChI is InChI=1S/C20H18Cl2FNO3/c1-19(11-2-3-11)7-6-10(8-15(19)23)14(25)9-20(27)16-12(21)4-5-13(22)17(16)24-18(20)26/h4-6,8,11,27H,2-3,7,9H2,1H3,(H,24,26). The molecule has 0 bridgehead atoms. The zero-order chi connectivity index (χ0) is 19.6. The van der Waals surface area contributed by atoms with Gasteiger partial charge in [-0.1, -0.05) is 36.2 Å². The second kappa shape index (κ2) is 6.16. The molecule has 2 aliphatic carbocycles. The van der Waals surface area contributed by atoms with Crippen molar-refractivity contribution in [3.63, 3.8) is 0 Å². The number of rotatable bonds is 4. The van der Waals surface area contributed by atoms with Gasteiger partial charge >= 0.3 is 0 Å². The fourth-order valence-corrected chi connectivity index (χ4v) is 4.49. The van der Waals surface area contributed by atoms with Crippen LogP contribution in [0.3, 0.4) is 0 Å². The van der Waals surface area contributed by atoms with E-state index in [4.69, 9.17) is 23.2 Å². The van der Waals surface area contributed by atoms with E-state index in [1.807, 2.05) is 6.92 Å². The van der Waals surface area contributed by atoms with E-state index < -0.39 is 29.1 Å². The van der Waals surface area contributed by atoms with Crippen molar-refractivity contribution >= 4 is 40.6 Å². The maximum absolute atomic E-state index is 14.7. The highest BCUT2D eigenvalue weighted by molar-refractivity contribution is 6.38. The summed E-state index contributed by atoms with van der Waals surface area (Å²) in [6, 6.07) is 2.95. The number of fused-ring (bicyclic) bond motifs is 1. The Hall–Kier alpha value is -1.69. The van der Waals surface area contributed by atoms with Crippen molar-refractivity contribution < 1.29 is 19.1 Å². The molecule has 0 saturated heterocycles. The van der Waals surface area contributed by atoms with Gasteiger partial charge in [0.25, 0.3) is 5.91 Å². The van der Waals surface area contributed by atoms with Gasteiger partial charge in [-0.3, -0.25) is 9.59 Å². The maximum Gasteiger partial charge on any atom is 0.261 e. The van der Waals surface area contributed by atoms with Crippen LogP contribution in [0.1, 0.15) is 38.2 Å². The molecule has 27 heavy (non-hydrogen) atoms. The number of aliphatic hydroxyl groups is 1. The van der Waals surface area contributed by atoms with E-state index in [0.717, 1.165) is 12.8 Å². The number of halogens is 3. The number of allylic oxidation sites excluding steroid dienone is 4. The minimum absolute atomic E-state index is 0.0821. The Morgan fingerprint density at radius 2 is 2.00 bits per heavy atom. The summed E-state index contributed by atoms with van der Waals surface area (Å²) in [5.41, 5.74) is -2.26. The molecule has 142 valence electrons. The first kappa shape index (κ1) is 18.7. The second-order valence-electron chi connectivity index (χ2n) is 7.74. The zero-order valence-corrected chi connectivity index (χ0v) is 16.1. The largest absolute Gasteiger partial charge is 0.375 e. The molecule has 1 saturated carbocycles. The third-order valence-electron chi connectivity index (χ3n) is 5.92. The maximum atomic E-state index is 14.7. The molecule has 0 spiro atoms. The monoisotopic (exact) mass is 409 g/mol. The Morgan fingerprint density at radius 1 is 1.33 bits per heavy atom. The zero-order valence-electron chi connectivity index (χ0n) is 14.6. The Balaban J connectivity index is 1.62. The van der Waals surface area contributed by atoms with Crippen LogP contribution in [0.25, 0.3) is 0 Å². The first-order valence-corrected chi connectivity index (χ1v) is 9.56. The highest BCUT2D eigenvalue weighted by Crippen LogP contribution is 2.54. The van der Waals surface area contributed by atoms with E-state index in [9.17, 15) is 19.1 Å². The number of benzene rings is 1. The number of nitrogens with one attached hydrogen (secondary N) is 1. The predicted octanol–water partition coefficient (Wildman–Crippen LogP) is 4.69. The minimum atomic E-state index is -2.14. The molecule has 2 unspecified atom stereocenters. The lowest BCUT2D eigenvalue weighted by Gasteiger charge is -2.30. The highest BCUT2D eigenvalue weighted by Gasteiger charge is 2.50. The van der Waals surface area contributed by atoms with Crippen molar-refractivity contribution in [2.75, 3.05) is 5.32 Å². The number of anilines is 1. The van der Waals surface area contributed by atoms with Gasteiger partial charge in [-0.05, 0) is 43.4 Å². The lowest BCUT2D eigenvalue weighted by molar-refractivity contribution is -0.138. The molecular formula is C20H18Cl2FNO3. The summed E-state index contributed by atoms with van der Waals surface area (Å²) in [6.45, 7) is 1.87. The Morgan fingerprint density at radius 3 is 2.63 bits per heavy atom. The molecule has 4 nitrogen and oxygen atoms in total. The molecule has 7 heteroatoms. The summed E-state index contributed by atoms with van der Waals surface area (Å²) in [7, 11) is 0. The number of amides is 1. The third-order valence-corrected chi connectivity index (χ3v) is 6.55. The van der Waals surface area contributed by atoms with Gasteiger partial charge in [-0.15, -0.1) is 0 Å². The topological polar surface area (TPSA) is 66.4 Å².